The average molecular weight is 373 g/mol. The minimum absolute atomic E-state index is 0.106. The first kappa shape index (κ1) is 18.7. The molecule has 138 valence electrons. The van der Waals surface area contributed by atoms with Gasteiger partial charge >= 0.3 is 0 Å². The van der Waals surface area contributed by atoms with E-state index in [4.69, 9.17) is 21.3 Å². The highest BCUT2D eigenvalue weighted by Crippen LogP contribution is 2.35. The highest BCUT2D eigenvalue weighted by Gasteiger charge is 2.19. The van der Waals surface area contributed by atoms with Gasteiger partial charge in [0, 0.05) is 11.8 Å². The van der Waals surface area contributed by atoms with Crippen LogP contribution < -0.4 is 4.74 Å². The smallest absolute Gasteiger partial charge is 0.140 e. The molecule has 0 saturated carbocycles. The number of rotatable bonds is 6. The van der Waals surface area contributed by atoms with Crippen molar-refractivity contribution in [2.75, 3.05) is 7.11 Å². The largest absolute Gasteiger partial charge is 0.497 e. The molecule has 1 aromatic carbocycles. The monoisotopic (exact) mass is 372 g/mol. The first-order valence-corrected chi connectivity index (χ1v) is 9.38. The Morgan fingerprint density at radius 2 is 1.96 bits per heavy atom. The van der Waals surface area contributed by atoms with Crippen LogP contribution in [0.15, 0.2) is 30.5 Å². The van der Waals surface area contributed by atoms with Crippen LogP contribution in [-0.2, 0) is 6.61 Å². The van der Waals surface area contributed by atoms with E-state index in [2.05, 4.69) is 33.0 Å². The number of aryl methyl sites for hydroxylation is 1. The second-order valence-corrected chi connectivity index (χ2v) is 6.98. The van der Waals surface area contributed by atoms with Gasteiger partial charge in [0.05, 0.1) is 30.1 Å². The maximum absolute atomic E-state index is 10.1. The van der Waals surface area contributed by atoms with E-state index in [0.29, 0.717) is 22.4 Å². The van der Waals surface area contributed by atoms with Gasteiger partial charge in [0.15, 0.2) is 0 Å². The third-order valence-corrected chi connectivity index (χ3v) is 5.37. The molecular weight excluding hydrogens is 348 g/mol. The number of aromatic nitrogens is 2. The Kier molecular flexibility index (Phi) is 5.54. The van der Waals surface area contributed by atoms with Crippen LogP contribution in [-0.4, -0.2) is 21.6 Å². The van der Waals surface area contributed by atoms with E-state index < -0.39 is 0 Å². The predicted octanol–water partition coefficient (Wildman–Crippen LogP) is 5.37. The number of hydrogen-bond donors (Lipinski definition) is 1. The Labute approximate surface area is 159 Å². The molecule has 5 heteroatoms. The van der Waals surface area contributed by atoms with Crippen molar-refractivity contribution in [1.82, 2.24) is 9.38 Å². The molecule has 1 N–H and O–H groups in total. The molecule has 0 unspecified atom stereocenters. The third-order valence-electron chi connectivity index (χ3n) is 5.06. The van der Waals surface area contributed by atoms with Gasteiger partial charge in [0.1, 0.15) is 11.4 Å². The van der Waals surface area contributed by atoms with Crippen molar-refractivity contribution in [3.05, 3.63) is 52.3 Å². The van der Waals surface area contributed by atoms with Crippen molar-refractivity contribution in [3.8, 4) is 17.0 Å². The summed E-state index contributed by atoms with van der Waals surface area (Å²) < 4.78 is 7.24. The molecule has 0 atom stereocenters. The van der Waals surface area contributed by atoms with E-state index in [1.54, 1.807) is 13.2 Å². The number of halogens is 1. The highest BCUT2D eigenvalue weighted by molar-refractivity contribution is 6.33. The normalized spacial score (nSPS) is 11.5. The predicted molar refractivity (Wildman–Crippen MR) is 106 cm³/mol. The molecule has 2 heterocycles. The number of ether oxygens (including phenoxy) is 1. The summed E-state index contributed by atoms with van der Waals surface area (Å²) in [5, 5.41) is 10.6. The van der Waals surface area contributed by atoms with E-state index in [0.717, 1.165) is 35.3 Å². The average Bonchev–Trinajstić information content (AvgIpc) is 3.01. The van der Waals surface area contributed by atoms with Crippen LogP contribution in [0.3, 0.4) is 0 Å². The summed E-state index contributed by atoms with van der Waals surface area (Å²) >= 11 is 6.45. The summed E-state index contributed by atoms with van der Waals surface area (Å²) in [7, 11) is 1.61. The number of hydrogen-bond acceptors (Lipinski definition) is 3. The number of methoxy groups -OCH3 is 1. The molecule has 0 aliphatic rings. The quantitative estimate of drug-likeness (QED) is 0.632. The van der Waals surface area contributed by atoms with Crippen molar-refractivity contribution < 1.29 is 9.84 Å². The topological polar surface area (TPSA) is 46.8 Å². The Hall–Kier alpha value is -2.04. The van der Waals surface area contributed by atoms with Gasteiger partial charge in [0.2, 0.25) is 0 Å². The molecule has 0 fully saturated rings. The van der Waals surface area contributed by atoms with Crippen LogP contribution in [0.5, 0.6) is 5.75 Å². The zero-order valence-electron chi connectivity index (χ0n) is 15.7. The Bertz CT molecular complexity index is 929. The molecule has 0 aliphatic carbocycles. The molecule has 0 bridgehead atoms. The van der Waals surface area contributed by atoms with Crippen molar-refractivity contribution in [2.24, 2.45) is 0 Å². The number of pyridine rings is 1. The van der Waals surface area contributed by atoms with Gasteiger partial charge in [-0.05, 0) is 55.0 Å². The zero-order chi connectivity index (χ0) is 18.8. The number of aliphatic hydroxyl groups excluding tert-OH is 1. The van der Waals surface area contributed by atoms with E-state index in [-0.39, 0.29) is 6.61 Å². The number of aliphatic hydroxyl groups is 1. The van der Waals surface area contributed by atoms with Crippen LogP contribution in [0.2, 0.25) is 5.02 Å². The van der Waals surface area contributed by atoms with E-state index in [1.807, 2.05) is 16.5 Å². The lowest BCUT2D eigenvalue weighted by Gasteiger charge is -2.15. The van der Waals surface area contributed by atoms with Crippen LogP contribution in [0.4, 0.5) is 0 Å². The van der Waals surface area contributed by atoms with Gasteiger partial charge in [-0.2, -0.15) is 0 Å². The minimum atomic E-state index is -0.106. The third kappa shape index (κ3) is 3.19. The number of benzene rings is 1. The van der Waals surface area contributed by atoms with Crippen molar-refractivity contribution in [3.63, 3.8) is 0 Å². The van der Waals surface area contributed by atoms with Crippen LogP contribution in [0, 0.1) is 6.92 Å². The summed E-state index contributed by atoms with van der Waals surface area (Å²) in [6.07, 6.45) is 4.28. The van der Waals surface area contributed by atoms with Gasteiger partial charge in [-0.15, -0.1) is 0 Å². The fourth-order valence-electron chi connectivity index (χ4n) is 3.55. The molecule has 26 heavy (non-hydrogen) atoms. The van der Waals surface area contributed by atoms with Crippen molar-refractivity contribution in [1.29, 1.82) is 0 Å². The summed E-state index contributed by atoms with van der Waals surface area (Å²) in [4.78, 5) is 4.80. The highest BCUT2D eigenvalue weighted by atomic mass is 35.5. The molecule has 3 aromatic rings. The minimum Gasteiger partial charge on any atom is -0.497 e. The molecule has 3 rings (SSSR count). The molecule has 2 aromatic heterocycles. The molecule has 0 amide bonds. The lowest BCUT2D eigenvalue weighted by Crippen LogP contribution is -2.02. The second-order valence-electron chi connectivity index (χ2n) is 6.57. The Morgan fingerprint density at radius 1 is 1.23 bits per heavy atom. The lowest BCUT2D eigenvalue weighted by molar-refractivity contribution is 0.276. The summed E-state index contributed by atoms with van der Waals surface area (Å²) in [5.41, 5.74) is 5.49. The second kappa shape index (κ2) is 7.68. The van der Waals surface area contributed by atoms with E-state index in [9.17, 15) is 5.11 Å². The van der Waals surface area contributed by atoms with Crippen molar-refractivity contribution in [2.45, 2.75) is 46.1 Å². The maximum atomic E-state index is 10.1. The van der Waals surface area contributed by atoms with Gasteiger partial charge in [-0.1, -0.05) is 31.5 Å². The molecule has 0 saturated heterocycles. The van der Waals surface area contributed by atoms with E-state index in [1.165, 1.54) is 5.56 Å². The van der Waals surface area contributed by atoms with E-state index >= 15 is 0 Å². The standard InChI is InChI=1S/C21H25ClN2O2/c1-5-14(6-2)15-9-13(3)21-23-20(19(12-25)24(21)11-15)17-8-7-16(26-4)10-18(17)22/h7-11,14,25H,5-6,12H2,1-4H3. The van der Waals surface area contributed by atoms with Crippen molar-refractivity contribution >= 4 is 17.2 Å². The molecule has 0 aliphatic heterocycles. The summed E-state index contributed by atoms with van der Waals surface area (Å²) in [6.45, 7) is 6.37. The Morgan fingerprint density at radius 3 is 2.54 bits per heavy atom. The SMILES string of the molecule is CCC(CC)c1cc(C)c2nc(-c3ccc(OC)cc3Cl)c(CO)n2c1. The first-order chi connectivity index (χ1) is 12.5. The number of fused-ring (bicyclic) bond motifs is 1. The Balaban J connectivity index is 2.23. The fraction of sp³-hybridized carbons (Fsp3) is 0.381. The van der Waals surface area contributed by atoms with Gasteiger partial charge in [0.25, 0.3) is 0 Å². The summed E-state index contributed by atoms with van der Waals surface area (Å²) in [5.74, 6) is 1.19. The molecular formula is C21H25ClN2O2. The molecule has 0 radical (unpaired) electrons. The summed E-state index contributed by atoms with van der Waals surface area (Å²) in [6, 6.07) is 7.72. The number of imidazole rings is 1. The lowest BCUT2D eigenvalue weighted by atomic mass is 9.94. The van der Waals surface area contributed by atoms with Crippen LogP contribution in [0.25, 0.3) is 16.9 Å². The van der Waals surface area contributed by atoms with Gasteiger partial charge in [-0.3, -0.25) is 0 Å². The molecule has 0 spiro atoms. The van der Waals surface area contributed by atoms with Gasteiger partial charge in [-0.25, -0.2) is 4.98 Å². The zero-order valence-corrected chi connectivity index (χ0v) is 16.5. The first-order valence-electron chi connectivity index (χ1n) is 9.00. The molecule has 4 nitrogen and oxygen atoms in total. The van der Waals surface area contributed by atoms with Gasteiger partial charge < -0.3 is 14.2 Å². The maximum Gasteiger partial charge on any atom is 0.140 e. The number of nitrogens with zero attached hydrogens (tertiary/aromatic N) is 2. The van der Waals surface area contributed by atoms with Crippen LogP contribution >= 0.6 is 11.6 Å². The fourth-order valence-corrected chi connectivity index (χ4v) is 3.81. The van der Waals surface area contributed by atoms with Crippen LogP contribution in [0.1, 0.15) is 49.4 Å².